The largest absolute Gasteiger partial charge is 0.335 e. The number of aromatic nitrogens is 1. The number of fused-ring (bicyclic) bond motifs is 1. The van der Waals surface area contributed by atoms with Gasteiger partial charge in [-0.15, -0.1) is 0 Å². The number of benzene rings is 1. The summed E-state index contributed by atoms with van der Waals surface area (Å²) >= 11 is 5.93. The van der Waals surface area contributed by atoms with Gasteiger partial charge in [0, 0.05) is 18.0 Å². The first-order chi connectivity index (χ1) is 6.22. The van der Waals surface area contributed by atoms with Gasteiger partial charge < -0.3 is 4.57 Å². The van der Waals surface area contributed by atoms with Crippen molar-refractivity contribution in [2.45, 2.75) is 0 Å². The minimum atomic E-state index is 0.662. The third-order valence-electron chi connectivity index (χ3n) is 2.11. The Balaban J connectivity index is 2.82. The summed E-state index contributed by atoms with van der Waals surface area (Å²) in [4.78, 5) is 0. The maximum absolute atomic E-state index is 8.68. The molecule has 0 N–H and O–H groups in total. The predicted octanol–water partition coefficient (Wildman–Crippen LogP) is 2.70. The zero-order valence-corrected chi connectivity index (χ0v) is 7.84. The summed E-state index contributed by atoms with van der Waals surface area (Å²) in [7, 11) is 1.90. The average Bonchev–Trinajstić information content (AvgIpc) is 2.42. The smallest absolute Gasteiger partial charge is 0.109 e. The third-order valence-corrected chi connectivity index (χ3v) is 2.48. The Morgan fingerprint density at radius 3 is 2.85 bits per heavy atom. The lowest BCUT2D eigenvalue weighted by atomic mass is 10.2. The normalized spacial score (nSPS) is 10.2. The zero-order valence-electron chi connectivity index (χ0n) is 7.08. The lowest BCUT2D eigenvalue weighted by molar-refractivity contribution is 0.970. The first kappa shape index (κ1) is 8.15. The first-order valence-corrected chi connectivity index (χ1v) is 4.25. The van der Waals surface area contributed by atoms with E-state index in [2.05, 4.69) is 6.07 Å². The van der Waals surface area contributed by atoms with Crippen molar-refractivity contribution in [1.82, 2.24) is 4.57 Å². The van der Waals surface area contributed by atoms with Crippen LogP contribution in [0.3, 0.4) is 0 Å². The number of aryl methyl sites for hydroxylation is 1. The number of nitrogens with zero attached hydrogens (tertiary/aromatic N) is 2. The highest BCUT2D eigenvalue weighted by Gasteiger charge is 2.03. The Morgan fingerprint density at radius 2 is 2.15 bits per heavy atom. The molecule has 64 valence electrons. The maximum Gasteiger partial charge on any atom is 0.109 e. The van der Waals surface area contributed by atoms with Crippen molar-refractivity contribution in [1.29, 1.82) is 5.26 Å². The van der Waals surface area contributed by atoms with Gasteiger partial charge in [0.2, 0.25) is 0 Å². The van der Waals surface area contributed by atoms with Gasteiger partial charge in [-0.25, -0.2) is 0 Å². The summed E-state index contributed by atoms with van der Waals surface area (Å²) in [6.45, 7) is 0. The van der Waals surface area contributed by atoms with E-state index in [0.29, 0.717) is 10.7 Å². The molecule has 0 aliphatic heterocycles. The molecule has 2 nitrogen and oxygen atoms in total. The van der Waals surface area contributed by atoms with Crippen LogP contribution in [-0.4, -0.2) is 4.57 Å². The molecule has 1 aromatic carbocycles. The minimum Gasteiger partial charge on any atom is -0.335 e. The van der Waals surface area contributed by atoms with E-state index in [1.165, 1.54) is 0 Å². The van der Waals surface area contributed by atoms with Crippen molar-refractivity contribution in [2.75, 3.05) is 0 Å². The van der Waals surface area contributed by atoms with Crippen LogP contribution in [0.2, 0.25) is 5.15 Å². The van der Waals surface area contributed by atoms with Gasteiger partial charge in [-0.05, 0) is 24.3 Å². The molecule has 0 fully saturated rings. The summed E-state index contributed by atoms with van der Waals surface area (Å²) in [6, 6.07) is 9.48. The van der Waals surface area contributed by atoms with E-state index >= 15 is 0 Å². The molecular weight excluding hydrogens is 184 g/mol. The van der Waals surface area contributed by atoms with Crippen molar-refractivity contribution in [3.05, 3.63) is 35.0 Å². The summed E-state index contributed by atoms with van der Waals surface area (Å²) in [5.41, 5.74) is 1.71. The molecule has 1 heterocycles. The minimum absolute atomic E-state index is 0.662. The molecule has 0 aliphatic carbocycles. The number of nitriles is 1. The van der Waals surface area contributed by atoms with Crippen molar-refractivity contribution < 1.29 is 0 Å². The zero-order chi connectivity index (χ0) is 9.42. The topological polar surface area (TPSA) is 28.7 Å². The third kappa shape index (κ3) is 1.18. The van der Waals surface area contributed by atoms with E-state index < -0.39 is 0 Å². The van der Waals surface area contributed by atoms with Gasteiger partial charge in [0.1, 0.15) is 5.15 Å². The Kier molecular flexibility index (Phi) is 1.75. The van der Waals surface area contributed by atoms with E-state index in [1.807, 2.05) is 29.8 Å². The average molecular weight is 191 g/mol. The van der Waals surface area contributed by atoms with Crippen LogP contribution in [0.4, 0.5) is 0 Å². The van der Waals surface area contributed by atoms with Gasteiger partial charge in [-0.2, -0.15) is 5.26 Å². The van der Waals surface area contributed by atoms with E-state index in [1.54, 1.807) is 6.07 Å². The molecule has 1 aromatic heterocycles. The van der Waals surface area contributed by atoms with Crippen molar-refractivity contribution in [3.63, 3.8) is 0 Å². The van der Waals surface area contributed by atoms with Crippen LogP contribution >= 0.6 is 11.6 Å². The predicted molar refractivity (Wildman–Crippen MR) is 52.6 cm³/mol. The second kappa shape index (κ2) is 2.79. The summed E-state index contributed by atoms with van der Waals surface area (Å²) in [5.74, 6) is 0. The van der Waals surface area contributed by atoms with Crippen LogP contribution in [0.15, 0.2) is 24.3 Å². The second-order valence-corrected chi connectivity index (χ2v) is 3.30. The fourth-order valence-corrected chi connectivity index (χ4v) is 1.59. The molecule has 0 saturated heterocycles. The van der Waals surface area contributed by atoms with Crippen molar-refractivity contribution in [2.24, 2.45) is 7.05 Å². The SMILES string of the molecule is Cn1c(Cl)cc2cc(C#N)ccc21. The van der Waals surface area contributed by atoms with E-state index in [4.69, 9.17) is 16.9 Å². The summed E-state index contributed by atoms with van der Waals surface area (Å²) in [6.07, 6.45) is 0. The molecule has 3 heteroatoms. The van der Waals surface area contributed by atoms with Crippen LogP contribution in [0.25, 0.3) is 10.9 Å². The molecule has 0 aliphatic rings. The molecule has 2 aromatic rings. The van der Waals surface area contributed by atoms with Crippen LogP contribution in [0, 0.1) is 11.3 Å². The standard InChI is InChI=1S/C10H7ClN2/c1-13-9-3-2-7(6-12)4-8(9)5-10(13)11/h2-5H,1H3. The second-order valence-electron chi connectivity index (χ2n) is 2.91. The van der Waals surface area contributed by atoms with E-state index in [9.17, 15) is 0 Å². The van der Waals surface area contributed by atoms with Gasteiger partial charge in [0.15, 0.2) is 0 Å². The molecular formula is C10H7ClN2. The quantitative estimate of drug-likeness (QED) is 0.628. The van der Waals surface area contributed by atoms with E-state index in [-0.39, 0.29) is 0 Å². The van der Waals surface area contributed by atoms with Gasteiger partial charge in [0.05, 0.1) is 11.6 Å². The molecule has 0 saturated carbocycles. The Labute approximate surface area is 81.0 Å². The molecule has 2 rings (SSSR count). The lowest BCUT2D eigenvalue weighted by Crippen LogP contribution is -1.85. The van der Waals surface area contributed by atoms with Gasteiger partial charge in [-0.1, -0.05) is 11.6 Å². The Hall–Kier alpha value is -1.46. The summed E-state index contributed by atoms with van der Waals surface area (Å²) in [5, 5.41) is 10.4. The number of halogens is 1. The summed E-state index contributed by atoms with van der Waals surface area (Å²) < 4.78 is 1.89. The number of rotatable bonds is 0. The molecule has 0 radical (unpaired) electrons. The van der Waals surface area contributed by atoms with Gasteiger partial charge in [0.25, 0.3) is 0 Å². The number of hydrogen-bond donors (Lipinski definition) is 0. The molecule has 0 atom stereocenters. The fraction of sp³-hybridized carbons (Fsp3) is 0.100. The lowest BCUT2D eigenvalue weighted by Gasteiger charge is -1.96. The Morgan fingerprint density at radius 1 is 1.38 bits per heavy atom. The number of hydrogen-bond acceptors (Lipinski definition) is 1. The molecule has 0 unspecified atom stereocenters. The van der Waals surface area contributed by atoms with Gasteiger partial charge >= 0.3 is 0 Å². The Bertz CT molecular complexity index is 505. The first-order valence-electron chi connectivity index (χ1n) is 3.87. The van der Waals surface area contributed by atoms with Crippen LogP contribution in [0.1, 0.15) is 5.56 Å². The molecule has 0 amide bonds. The highest BCUT2D eigenvalue weighted by atomic mass is 35.5. The highest BCUT2D eigenvalue weighted by molar-refractivity contribution is 6.30. The fourth-order valence-electron chi connectivity index (χ4n) is 1.39. The highest BCUT2D eigenvalue weighted by Crippen LogP contribution is 2.22. The van der Waals surface area contributed by atoms with Crippen LogP contribution in [-0.2, 0) is 7.05 Å². The maximum atomic E-state index is 8.68. The van der Waals surface area contributed by atoms with Crippen LogP contribution in [0.5, 0.6) is 0 Å². The van der Waals surface area contributed by atoms with E-state index in [0.717, 1.165) is 10.9 Å². The monoisotopic (exact) mass is 190 g/mol. The van der Waals surface area contributed by atoms with Crippen LogP contribution < -0.4 is 0 Å². The van der Waals surface area contributed by atoms with Gasteiger partial charge in [-0.3, -0.25) is 0 Å². The molecule has 0 bridgehead atoms. The van der Waals surface area contributed by atoms with Crippen molar-refractivity contribution in [3.8, 4) is 6.07 Å². The van der Waals surface area contributed by atoms with Crippen molar-refractivity contribution >= 4 is 22.5 Å². The molecule has 13 heavy (non-hydrogen) atoms. The molecule has 0 spiro atoms.